The molecule has 0 aromatic rings. The summed E-state index contributed by atoms with van der Waals surface area (Å²) in [6.45, 7) is 4.15. The lowest BCUT2D eigenvalue weighted by atomic mass is 9.80. The Hall–Kier alpha value is -1.30. The second-order valence-corrected chi connectivity index (χ2v) is 6.05. The first kappa shape index (κ1) is 13.7. The van der Waals surface area contributed by atoms with Gasteiger partial charge >= 0.3 is 6.03 Å². The van der Waals surface area contributed by atoms with Crippen molar-refractivity contribution in [1.82, 2.24) is 15.1 Å². The number of rotatable bonds is 0. The van der Waals surface area contributed by atoms with Gasteiger partial charge in [-0.1, -0.05) is 0 Å². The Morgan fingerprint density at radius 1 is 1.05 bits per heavy atom. The highest BCUT2D eigenvalue weighted by Crippen LogP contribution is 2.31. The molecule has 0 unspecified atom stereocenters. The Kier molecular flexibility index (Phi) is 3.83. The molecule has 3 saturated heterocycles. The number of urea groups is 1. The Morgan fingerprint density at radius 3 is 2.35 bits per heavy atom. The van der Waals surface area contributed by atoms with Gasteiger partial charge in [0.25, 0.3) is 0 Å². The molecule has 6 nitrogen and oxygen atoms in total. The monoisotopic (exact) mass is 281 g/mol. The van der Waals surface area contributed by atoms with Crippen molar-refractivity contribution < 1.29 is 14.3 Å². The number of hydrogen-bond acceptors (Lipinski definition) is 3. The van der Waals surface area contributed by atoms with Crippen molar-refractivity contribution in [3.8, 4) is 0 Å². The van der Waals surface area contributed by atoms with Gasteiger partial charge in [0, 0.05) is 38.1 Å². The van der Waals surface area contributed by atoms with Crippen LogP contribution < -0.4 is 5.32 Å². The second-order valence-electron chi connectivity index (χ2n) is 6.05. The van der Waals surface area contributed by atoms with Gasteiger partial charge in [-0.25, -0.2) is 4.79 Å². The third kappa shape index (κ3) is 2.75. The first-order chi connectivity index (χ1) is 9.69. The Bertz CT molecular complexity index is 385. The number of nitrogens with zero attached hydrogens (tertiary/aromatic N) is 2. The van der Waals surface area contributed by atoms with Gasteiger partial charge in [-0.2, -0.15) is 0 Å². The first-order valence-electron chi connectivity index (χ1n) is 7.61. The van der Waals surface area contributed by atoms with Gasteiger partial charge in [0.2, 0.25) is 5.91 Å². The van der Waals surface area contributed by atoms with E-state index in [2.05, 4.69) is 5.32 Å². The lowest BCUT2D eigenvalue weighted by Gasteiger charge is -2.45. The van der Waals surface area contributed by atoms with Gasteiger partial charge < -0.3 is 19.9 Å². The lowest BCUT2D eigenvalue weighted by Crippen LogP contribution is -2.59. The third-order valence-electron chi connectivity index (χ3n) is 4.74. The molecule has 6 heteroatoms. The van der Waals surface area contributed by atoms with E-state index >= 15 is 0 Å². The standard InChI is InChI=1S/C14H23N3O3/c18-12-2-1-3-14(15-12)4-6-16(7-5-14)13(19)17-8-10-20-11-9-17/h1-11H2,(H,15,18). The normalized spacial score (nSPS) is 26.5. The van der Waals surface area contributed by atoms with E-state index < -0.39 is 0 Å². The van der Waals surface area contributed by atoms with E-state index in [0.717, 1.165) is 38.8 Å². The largest absolute Gasteiger partial charge is 0.378 e. The van der Waals surface area contributed by atoms with Gasteiger partial charge in [0.05, 0.1) is 13.2 Å². The van der Waals surface area contributed by atoms with Crippen LogP contribution in [-0.2, 0) is 9.53 Å². The molecule has 3 heterocycles. The van der Waals surface area contributed by atoms with Crippen LogP contribution in [0.4, 0.5) is 4.79 Å². The van der Waals surface area contributed by atoms with Crippen molar-refractivity contribution in [2.24, 2.45) is 0 Å². The Labute approximate surface area is 119 Å². The van der Waals surface area contributed by atoms with Gasteiger partial charge in [-0.3, -0.25) is 4.79 Å². The van der Waals surface area contributed by atoms with E-state index in [0.29, 0.717) is 32.7 Å². The van der Waals surface area contributed by atoms with Crippen LogP contribution in [0, 0.1) is 0 Å². The Morgan fingerprint density at radius 2 is 1.70 bits per heavy atom. The van der Waals surface area contributed by atoms with E-state index in [1.807, 2.05) is 9.80 Å². The smallest absolute Gasteiger partial charge is 0.320 e. The predicted octanol–water partition coefficient (Wildman–Crippen LogP) is 0.573. The number of carbonyl (C=O) groups excluding carboxylic acids is 2. The molecule has 3 fully saturated rings. The number of ether oxygens (including phenoxy) is 1. The molecule has 3 aliphatic rings. The Balaban J connectivity index is 1.55. The third-order valence-corrected chi connectivity index (χ3v) is 4.74. The highest BCUT2D eigenvalue weighted by molar-refractivity contribution is 5.78. The van der Waals surface area contributed by atoms with Crippen LogP contribution in [0.25, 0.3) is 0 Å². The van der Waals surface area contributed by atoms with Crippen molar-refractivity contribution in [2.75, 3.05) is 39.4 Å². The molecule has 0 saturated carbocycles. The van der Waals surface area contributed by atoms with Crippen LogP contribution in [0.15, 0.2) is 0 Å². The van der Waals surface area contributed by atoms with Crippen molar-refractivity contribution in [1.29, 1.82) is 0 Å². The molecule has 0 aromatic heterocycles. The maximum Gasteiger partial charge on any atom is 0.320 e. The average molecular weight is 281 g/mol. The second kappa shape index (κ2) is 5.60. The summed E-state index contributed by atoms with van der Waals surface area (Å²) in [5.74, 6) is 0.171. The number of morpholine rings is 1. The fourth-order valence-corrected chi connectivity index (χ4v) is 3.46. The molecular formula is C14H23N3O3. The molecular weight excluding hydrogens is 258 g/mol. The molecule has 0 aliphatic carbocycles. The van der Waals surface area contributed by atoms with Crippen molar-refractivity contribution >= 4 is 11.9 Å². The van der Waals surface area contributed by atoms with Crippen LogP contribution in [-0.4, -0.2) is 66.7 Å². The molecule has 0 radical (unpaired) electrons. The molecule has 3 aliphatic heterocycles. The quantitative estimate of drug-likeness (QED) is 0.706. The summed E-state index contributed by atoms with van der Waals surface area (Å²) in [6.07, 6.45) is 4.45. The number of nitrogens with one attached hydrogen (secondary N) is 1. The topological polar surface area (TPSA) is 61.9 Å². The van der Waals surface area contributed by atoms with E-state index in [1.165, 1.54) is 0 Å². The maximum atomic E-state index is 12.4. The number of amides is 3. The van der Waals surface area contributed by atoms with Gasteiger partial charge in [0.15, 0.2) is 0 Å². The molecule has 112 valence electrons. The van der Waals surface area contributed by atoms with E-state index in [4.69, 9.17) is 4.74 Å². The summed E-state index contributed by atoms with van der Waals surface area (Å²) >= 11 is 0. The molecule has 1 spiro atoms. The molecule has 3 amide bonds. The molecule has 3 rings (SSSR count). The van der Waals surface area contributed by atoms with E-state index in [1.54, 1.807) is 0 Å². The van der Waals surface area contributed by atoms with Crippen LogP contribution in [0.2, 0.25) is 0 Å². The highest BCUT2D eigenvalue weighted by atomic mass is 16.5. The van der Waals surface area contributed by atoms with Crippen LogP contribution >= 0.6 is 0 Å². The minimum atomic E-state index is -0.0445. The van der Waals surface area contributed by atoms with Gasteiger partial charge in [0.1, 0.15) is 0 Å². The van der Waals surface area contributed by atoms with Crippen LogP contribution in [0.5, 0.6) is 0 Å². The summed E-state index contributed by atoms with van der Waals surface area (Å²) in [5, 5.41) is 3.16. The van der Waals surface area contributed by atoms with E-state index in [-0.39, 0.29) is 17.5 Å². The summed E-state index contributed by atoms with van der Waals surface area (Å²) < 4.78 is 5.28. The number of carbonyl (C=O) groups is 2. The van der Waals surface area contributed by atoms with Crippen molar-refractivity contribution in [3.05, 3.63) is 0 Å². The maximum absolute atomic E-state index is 12.4. The van der Waals surface area contributed by atoms with Crippen LogP contribution in [0.1, 0.15) is 32.1 Å². The summed E-state index contributed by atoms with van der Waals surface area (Å²) in [7, 11) is 0. The minimum absolute atomic E-state index is 0.0445. The highest BCUT2D eigenvalue weighted by Gasteiger charge is 2.39. The van der Waals surface area contributed by atoms with Gasteiger partial charge in [-0.15, -0.1) is 0 Å². The van der Waals surface area contributed by atoms with Crippen molar-refractivity contribution in [2.45, 2.75) is 37.6 Å². The predicted molar refractivity (Wildman–Crippen MR) is 73.3 cm³/mol. The molecule has 0 atom stereocenters. The fraction of sp³-hybridized carbons (Fsp3) is 0.857. The number of likely N-dealkylation sites (tertiary alicyclic amines) is 1. The SMILES string of the molecule is O=C1CCCC2(CCN(C(=O)N3CCOCC3)CC2)N1. The first-order valence-corrected chi connectivity index (χ1v) is 7.61. The zero-order valence-corrected chi connectivity index (χ0v) is 11.9. The van der Waals surface area contributed by atoms with Crippen molar-refractivity contribution in [3.63, 3.8) is 0 Å². The summed E-state index contributed by atoms with van der Waals surface area (Å²) in [4.78, 5) is 27.8. The van der Waals surface area contributed by atoms with E-state index in [9.17, 15) is 9.59 Å². The molecule has 0 aromatic carbocycles. The average Bonchev–Trinajstić information content (AvgIpc) is 2.48. The number of hydrogen-bond donors (Lipinski definition) is 1. The zero-order valence-electron chi connectivity index (χ0n) is 11.9. The molecule has 0 bridgehead atoms. The molecule has 20 heavy (non-hydrogen) atoms. The number of piperidine rings is 2. The lowest BCUT2D eigenvalue weighted by molar-refractivity contribution is -0.125. The fourth-order valence-electron chi connectivity index (χ4n) is 3.46. The summed E-state index contributed by atoms with van der Waals surface area (Å²) in [6, 6.07) is 0.130. The van der Waals surface area contributed by atoms with Gasteiger partial charge in [-0.05, 0) is 25.7 Å². The molecule has 1 N–H and O–H groups in total. The summed E-state index contributed by atoms with van der Waals surface area (Å²) in [5.41, 5.74) is -0.0445. The zero-order chi connectivity index (χ0) is 14.0. The van der Waals surface area contributed by atoms with Crippen LogP contribution in [0.3, 0.4) is 0 Å². The minimum Gasteiger partial charge on any atom is -0.378 e.